The van der Waals surface area contributed by atoms with Crippen molar-refractivity contribution in [3.63, 3.8) is 0 Å². The molecule has 0 aromatic heterocycles. The summed E-state index contributed by atoms with van der Waals surface area (Å²) in [6, 6.07) is 0. The second-order valence-corrected chi connectivity index (χ2v) is 2.48. The van der Waals surface area contributed by atoms with Crippen molar-refractivity contribution in [2.45, 2.75) is 33.6 Å². The Bertz CT molecular complexity index is 99.1. The fraction of sp³-hybridized carbons (Fsp3) is 0.750. The van der Waals surface area contributed by atoms with Gasteiger partial charge in [0.05, 0.1) is 0 Å². The molecule has 0 aromatic carbocycles. The van der Waals surface area contributed by atoms with Crippen LogP contribution in [0.3, 0.4) is 0 Å². The van der Waals surface area contributed by atoms with Crippen LogP contribution in [0.15, 0.2) is 11.3 Å². The second-order valence-electron chi connectivity index (χ2n) is 2.48. The van der Waals surface area contributed by atoms with E-state index < -0.39 is 0 Å². The van der Waals surface area contributed by atoms with Crippen molar-refractivity contribution in [3.05, 3.63) is 11.3 Å². The van der Waals surface area contributed by atoms with Gasteiger partial charge < -0.3 is 5.32 Å². The molecule has 0 atom stereocenters. The molecule has 0 rings (SSSR count). The molecule has 1 N–H and O–H groups in total. The summed E-state index contributed by atoms with van der Waals surface area (Å²) in [7, 11) is 1.98. The van der Waals surface area contributed by atoms with Crippen molar-refractivity contribution in [2.24, 2.45) is 0 Å². The van der Waals surface area contributed by atoms with Crippen LogP contribution in [0.2, 0.25) is 0 Å². The van der Waals surface area contributed by atoms with Gasteiger partial charge in [-0.2, -0.15) is 0 Å². The van der Waals surface area contributed by atoms with E-state index >= 15 is 0 Å². The van der Waals surface area contributed by atoms with Gasteiger partial charge in [-0.15, -0.1) is 0 Å². The lowest BCUT2D eigenvalue weighted by molar-refractivity contribution is 0.799. The molecule has 0 fully saturated rings. The Morgan fingerprint density at radius 2 is 1.89 bits per heavy atom. The van der Waals surface area contributed by atoms with Gasteiger partial charge in [-0.3, -0.25) is 0 Å². The number of allylic oxidation sites excluding steroid dienone is 2. The minimum absolute atomic E-state index is 1.18. The van der Waals surface area contributed by atoms with Crippen LogP contribution in [0.4, 0.5) is 0 Å². The van der Waals surface area contributed by atoms with Crippen molar-refractivity contribution in [2.75, 3.05) is 7.05 Å². The summed E-state index contributed by atoms with van der Waals surface area (Å²) in [6.07, 6.45) is 2.40. The summed E-state index contributed by atoms with van der Waals surface area (Å²) >= 11 is 0. The summed E-state index contributed by atoms with van der Waals surface area (Å²) in [6.45, 7) is 6.48. The summed E-state index contributed by atoms with van der Waals surface area (Å²) in [5.41, 5.74) is 2.79. The molecule has 0 aliphatic rings. The Labute approximate surface area is 58.2 Å². The largest absolute Gasteiger partial charge is 0.391 e. The first-order chi connectivity index (χ1) is 4.22. The monoisotopic (exact) mass is 127 g/mol. The Morgan fingerprint density at radius 1 is 1.33 bits per heavy atom. The Morgan fingerprint density at radius 3 is 2.00 bits per heavy atom. The standard InChI is InChI=1S/C8H17N/c1-5-6-8(9-4)7(2)3/h9H,5-6H2,1-4H3. The van der Waals surface area contributed by atoms with Crippen molar-refractivity contribution in [3.8, 4) is 0 Å². The van der Waals surface area contributed by atoms with Gasteiger partial charge in [0.1, 0.15) is 0 Å². The van der Waals surface area contributed by atoms with Gasteiger partial charge in [-0.25, -0.2) is 0 Å². The van der Waals surface area contributed by atoms with Crippen molar-refractivity contribution in [1.82, 2.24) is 5.32 Å². The number of hydrogen-bond donors (Lipinski definition) is 1. The highest BCUT2D eigenvalue weighted by molar-refractivity contribution is 5.06. The van der Waals surface area contributed by atoms with Gasteiger partial charge in [0, 0.05) is 12.7 Å². The predicted octanol–water partition coefficient (Wildman–Crippen LogP) is 2.30. The molecule has 0 spiro atoms. The molecule has 1 nitrogen and oxygen atoms in total. The van der Waals surface area contributed by atoms with Crippen LogP contribution in [-0.2, 0) is 0 Å². The van der Waals surface area contributed by atoms with Crippen molar-refractivity contribution < 1.29 is 0 Å². The molecule has 0 heterocycles. The van der Waals surface area contributed by atoms with Crippen LogP contribution in [-0.4, -0.2) is 7.05 Å². The van der Waals surface area contributed by atoms with Gasteiger partial charge in [0.25, 0.3) is 0 Å². The minimum atomic E-state index is 1.18. The van der Waals surface area contributed by atoms with Crippen LogP contribution in [0.1, 0.15) is 33.6 Å². The highest BCUT2D eigenvalue weighted by Crippen LogP contribution is 2.05. The maximum absolute atomic E-state index is 3.18. The number of nitrogens with one attached hydrogen (secondary N) is 1. The zero-order valence-electron chi connectivity index (χ0n) is 6.91. The van der Waals surface area contributed by atoms with E-state index in [4.69, 9.17) is 0 Å². The minimum Gasteiger partial charge on any atom is -0.391 e. The van der Waals surface area contributed by atoms with Crippen LogP contribution >= 0.6 is 0 Å². The summed E-state index contributed by atoms with van der Waals surface area (Å²) in [5, 5.41) is 3.18. The predicted molar refractivity (Wildman–Crippen MR) is 42.3 cm³/mol. The Kier molecular flexibility index (Phi) is 4.20. The molecular weight excluding hydrogens is 110 g/mol. The van der Waals surface area contributed by atoms with Gasteiger partial charge in [-0.05, 0) is 20.3 Å². The summed E-state index contributed by atoms with van der Waals surface area (Å²) in [4.78, 5) is 0. The van der Waals surface area contributed by atoms with Gasteiger partial charge >= 0.3 is 0 Å². The molecular formula is C8H17N. The highest BCUT2D eigenvalue weighted by atomic mass is 14.8. The topological polar surface area (TPSA) is 12.0 Å². The normalized spacial score (nSPS) is 8.89. The average Bonchev–Trinajstić information content (AvgIpc) is 1.82. The molecule has 0 amide bonds. The van der Waals surface area contributed by atoms with Crippen LogP contribution in [0.25, 0.3) is 0 Å². The van der Waals surface area contributed by atoms with E-state index in [1.54, 1.807) is 0 Å². The van der Waals surface area contributed by atoms with E-state index in [1.807, 2.05) is 7.05 Å². The molecule has 0 aliphatic heterocycles. The van der Waals surface area contributed by atoms with E-state index in [0.29, 0.717) is 0 Å². The smallest absolute Gasteiger partial charge is 0.00901 e. The SMILES string of the molecule is CCCC(NC)=C(C)C. The number of hydrogen-bond acceptors (Lipinski definition) is 1. The molecule has 0 aromatic rings. The van der Waals surface area contributed by atoms with Crippen LogP contribution in [0, 0.1) is 0 Å². The molecule has 0 bridgehead atoms. The molecule has 9 heavy (non-hydrogen) atoms. The Balaban J connectivity index is 3.83. The molecule has 0 saturated heterocycles. The third-order valence-electron chi connectivity index (χ3n) is 1.41. The molecule has 1 heteroatoms. The first kappa shape index (κ1) is 8.54. The molecule has 0 unspecified atom stereocenters. The fourth-order valence-electron chi connectivity index (χ4n) is 0.875. The first-order valence-corrected chi connectivity index (χ1v) is 3.56. The third-order valence-corrected chi connectivity index (χ3v) is 1.41. The second kappa shape index (κ2) is 4.42. The quantitative estimate of drug-likeness (QED) is 0.613. The summed E-state index contributed by atoms with van der Waals surface area (Å²) in [5.74, 6) is 0. The van der Waals surface area contributed by atoms with E-state index in [2.05, 4.69) is 26.1 Å². The van der Waals surface area contributed by atoms with Crippen LogP contribution < -0.4 is 5.32 Å². The van der Waals surface area contributed by atoms with Crippen molar-refractivity contribution >= 4 is 0 Å². The Hall–Kier alpha value is -0.460. The maximum Gasteiger partial charge on any atom is 0.00901 e. The van der Waals surface area contributed by atoms with E-state index in [1.165, 1.54) is 24.1 Å². The molecule has 0 saturated carbocycles. The summed E-state index contributed by atoms with van der Waals surface area (Å²) < 4.78 is 0. The third kappa shape index (κ3) is 3.17. The number of rotatable bonds is 3. The zero-order chi connectivity index (χ0) is 7.28. The fourth-order valence-corrected chi connectivity index (χ4v) is 0.875. The van der Waals surface area contributed by atoms with E-state index in [-0.39, 0.29) is 0 Å². The zero-order valence-corrected chi connectivity index (χ0v) is 6.91. The molecule has 54 valence electrons. The van der Waals surface area contributed by atoms with Crippen molar-refractivity contribution in [1.29, 1.82) is 0 Å². The lowest BCUT2D eigenvalue weighted by Crippen LogP contribution is -2.06. The van der Waals surface area contributed by atoms with Crippen LogP contribution in [0.5, 0.6) is 0 Å². The maximum atomic E-state index is 3.18. The lowest BCUT2D eigenvalue weighted by atomic mass is 10.2. The van der Waals surface area contributed by atoms with Gasteiger partial charge in [0.15, 0.2) is 0 Å². The molecule has 0 aliphatic carbocycles. The first-order valence-electron chi connectivity index (χ1n) is 3.56. The van der Waals surface area contributed by atoms with Gasteiger partial charge in [-0.1, -0.05) is 18.9 Å². The lowest BCUT2D eigenvalue weighted by Gasteiger charge is -2.06. The van der Waals surface area contributed by atoms with Gasteiger partial charge in [0.2, 0.25) is 0 Å². The highest BCUT2D eigenvalue weighted by Gasteiger charge is 1.91. The van der Waals surface area contributed by atoms with E-state index in [9.17, 15) is 0 Å². The average molecular weight is 127 g/mol. The van der Waals surface area contributed by atoms with E-state index in [0.717, 1.165) is 0 Å². The molecule has 0 radical (unpaired) electrons.